The van der Waals surface area contributed by atoms with Crippen molar-refractivity contribution in [2.75, 3.05) is 29.4 Å². The molecule has 7 nitrogen and oxygen atoms in total. The second-order valence-corrected chi connectivity index (χ2v) is 25.0. The Bertz CT molecular complexity index is 5250. The van der Waals surface area contributed by atoms with E-state index < -0.39 is 0 Å². The van der Waals surface area contributed by atoms with Gasteiger partial charge in [0.1, 0.15) is 5.58 Å². The highest BCUT2D eigenvalue weighted by Gasteiger charge is 2.51. The molecular weight excluding hydrogens is 1140 g/mol. The lowest BCUT2D eigenvalue weighted by Gasteiger charge is -2.46. The molecule has 0 saturated heterocycles. The van der Waals surface area contributed by atoms with Crippen molar-refractivity contribution in [3.05, 3.63) is 328 Å². The summed E-state index contributed by atoms with van der Waals surface area (Å²) in [6.45, 7) is -0.555. The summed E-state index contributed by atoms with van der Waals surface area (Å²) in [6, 6.07) is 120. The van der Waals surface area contributed by atoms with Gasteiger partial charge in [0, 0.05) is 89.7 Å². The Hall–Kier alpha value is -11.7. The molecule has 0 N–H and O–H groups in total. The fraction of sp³-hybridized carbons (Fsp3) is 0. The van der Waals surface area contributed by atoms with Crippen LogP contribution in [0.5, 0.6) is 0 Å². The predicted octanol–water partition coefficient (Wildman–Crippen LogP) is 18.8. The van der Waals surface area contributed by atoms with E-state index in [1.165, 1.54) is 42.4 Å². The van der Waals surface area contributed by atoms with Gasteiger partial charge in [-0.15, -0.1) is 11.3 Å². The molecule has 15 aromatic rings. The summed E-state index contributed by atoms with van der Waals surface area (Å²) in [5.74, 6) is 0. The van der Waals surface area contributed by atoms with Crippen molar-refractivity contribution in [3.63, 3.8) is 0 Å². The lowest BCUT2D eigenvalue weighted by Crippen LogP contribution is -2.65. The molecule has 13 aromatic carbocycles. The fourth-order valence-corrected chi connectivity index (χ4v) is 16.5. The molecule has 6 heterocycles. The third-order valence-electron chi connectivity index (χ3n) is 18.9. The molecule has 0 fully saturated rings. The van der Waals surface area contributed by atoms with Gasteiger partial charge in [-0.3, -0.25) is 0 Å². The summed E-state index contributed by atoms with van der Waals surface area (Å²) in [7, 11) is 0. The minimum atomic E-state index is -0.347. The van der Waals surface area contributed by atoms with Gasteiger partial charge in [-0.1, -0.05) is 182 Å². The molecule has 2 aromatic heterocycles. The van der Waals surface area contributed by atoms with Crippen molar-refractivity contribution in [2.45, 2.75) is 0 Å². The van der Waals surface area contributed by atoms with Gasteiger partial charge in [0.15, 0.2) is 0 Å². The predicted molar refractivity (Wildman–Crippen MR) is 389 cm³/mol. The summed E-state index contributed by atoms with van der Waals surface area (Å²) in [4.78, 5) is 15.0. The molecule has 0 radical (unpaired) electrons. The maximum absolute atomic E-state index is 7.56. The molecule has 92 heavy (non-hydrogen) atoms. The molecule has 0 bridgehead atoms. The van der Waals surface area contributed by atoms with Crippen LogP contribution in [0.1, 0.15) is 0 Å². The molecule has 0 aliphatic carbocycles. The highest BCUT2D eigenvalue weighted by Crippen LogP contribution is 2.54. The minimum absolute atomic E-state index is 0.208. The smallest absolute Gasteiger partial charge is 0.297 e. The zero-order valence-electron chi connectivity index (χ0n) is 49.8. The van der Waals surface area contributed by atoms with Crippen LogP contribution in [0.25, 0.3) is 21.1 Å². The summed E-state index contributed by atoms with van der Waals surface area (Å²) in [5, 5.41) is 3.53. The summed E-state index contributed by atoms with van der Waals surface area (Å²) < 4.78 is 8.81. The van der Waals surface area contributed by atoms with Crippen molar-refractivity contribution in [3.8, 4) is 0 Å². The van der Waals surface area contributed by atoms with E-state index in [0.29, 0.717) is 0 Å². The Balaban J connectivity index is 0.962. The van der Waals surface area contributed by atoms with Gasteiger partial charge >= 0.3 is 0 Å². The Labute approximate surface area is 538 Å². The van der Waals surface area contributed by atoms with E-state index in [2.05, 4.69) is 357 Å². The molecule has 0 unspecified atom stereocenters. The van der Waals surface area contributed by atoms with Crippen LogP contribution in [0.4, 0.5) is 102 Å². The SMILES string of the molecule is c1ccc(N(c2ccccc2)c2cc3c4c(c2)N(c2ccccc2)c2sc5ccccc5c2B4c2cc4c(cc2N3c2ccccc2)N(c2ccccc2)c2cc(N(c3ccccc3)c3ccccc3)cc3c2B4c2oc4ccccc4c2N3c2ccccc2)cc1. The molecule has 0 spiro atoms. The normalized spacial score (nSPS) is 13.1. The Morgan fingerprint density at radius 1 is 0.283 bits per heavy atom. The third kappa shape index (κ3) is 7.97. The van der Waals surface area contributed by atoms with E-state index in [0.717, 1.165) is 113 Å². The molecule has 0 saturated carbocycles. The largest absolute Gasteiger partial charge is 0.468 e. The van der Waals surface area contributed by atoms with Gasteiger partial charge in [-0.05, 0) is 178 Å². The quantitative estimate of drug-likeness (QED) is 0.126. The van der Waals surface area contributed by atoms with Crippen LogP contribution >= 0.6 is 11.3 Å². The fourth-order valence-electron chi connectivity index (χ4n) is 15.2. The zero-order chi connectivity index (χ0) is 60.4. The van der Waals surface area contributed by atoms with E-state index >= 15 is 0 Å². The van der Waals surface area contributed by atoms with E-state index in [9.17, 15) is 0 Å². The molecular formula is C82H54B2N6OS. The van der Waals surface area contributed by atoms with Gasteiger partial charge in [0.05, 0.1) is 27.7 Å². The summed E-state index contributed by atoms with van der Waals surface area (Å²) in [5.41, 5.74) is 26.1. The molecule has 19 rings (SSSR count). The number of anilines is 18. The average molecular weight is 1190 g/mol. The maximum Gasteiger partial charge on any atom is 0.297 e. The number of thiophene rings is 1. The van der Waals surface area contributed by atoms with Gasteiger partial charge in [-0.25, -0.2) is 0 Å². The number of para-hydroxylation sites is 9. The monoisotopic (exact) mass is 1190 g/mol. The van der Waals surface area contributed by atoms with Crippen LogP contribution < -0.4 is 62.4 Å². The highest BCUT2D eigenvalue weighted by atomic mass is 32.1. The number of benzene rings is 13. The Morgan fingerprint density at radius 3 is 1.12 bits per heavy atom. The van der Waals surface area contributed by atoms with Gasteiger partial charge in [-0.2, -0.15) is 0 Å². The van der Waals surface area contributed by atoms with Crippen LogP contribution in [-0.2, 0) is 0 Å². The van der Waals surface area contributed by atoms with Crippen molar-refractivity contribution >= 4 is 180 Å². The van der Waals surface area contributed by atoms with Crippen LogP contribution in [-0.4, -0.2) is 13.4 Å². The third-order valence-corrected chi connectivity index (χ3v) is 20.1. The topological polar surface area (TPSA) is 32.6 Å². The second-order valence-electron chi connectivity index (χ2n) is 24.0. The number of fused-ring (bicyclic) bond motifs is 12. The van der Waals surface area contributed by atoms with Crippen molar-refractivity contribution < 1.29 is 4.42 Å². The standard InChI is InChI=1S/C82H54B2N6OS/c1-9-29-55(30-10-1)85(56-31-11-2-12-32-56)63-50-72-79-73(51-63)89(61-41-21-7-22-42-61)80-65-45-25-27-47-75(65)91-81(80)84(79)68-53-67-69(54-70(68)88(72)60-39-19-6-20-40-60)87(59-37-17-5-18-38-59)71-49-64(86(57-33-13-3-14-34-57)58-35-15-4-16-36-58)52-74-78(71)83(67)77-66-46-26-28-48-76(66)92-82(77)90(74)62-43-23-8-24-44-62/h1-54H. The minimum Gasteiger partial charge on any atom is -0.468 e. The van der Waals surface area contributed by atoms with Crippen LogP contribution in [0.15, 0.2) is 332 Å². The first-order valence-corrected chi connectivity index (χ1v) is 32.3. The zero-order valence-corrected chi connectivity index (χ0v) is 50.6. The first kappa shape index (κ1) is 52.2. The highest BCUT2D eigenvalue weighted by molar-refractivity contribution is 7.26. The number of furan rings is 1. The summed E-state index contributed by atoms with van der Waals surface area (Å²) in [6.07, 6.45) is 0. The first-order chi connectivity index (χ1) is 45.7. The van der Waals surface area contributed by atoms with Gasteiger partial charge < -0.3 is 33.8 Å². The Morgan fingerprint density at radius 2 is 0.641 bits per heavy atom. The lowest BCUT2D eigenvalue weighted by molar-refractivity contribution is 0.651. The van der Waals surface area contributed by atoms with E-state index in [1.807, 2.05) is 11.3 Å². The van der Waals surface area contributed by atoms with Crippen molar-refractivity contribution in [1.82, 2.24) is 0 Å². The molecule has 0 atom stereocenters. The molecule has 10 heteroatoms. The lowest BCUT2D eigenvalue weighted by atomic mass is 9.31. The van der Waals surface area contributed by atoms with E-state index in [-0.39, 0.29) is 13.4 Å². The molecule has 4 aliphatic rings. The van der Waals surface area contributed by atoms with Crippen LogP contribution in [0, 0.1) is 0 Å². The molecule has 0 amide bonds. The maximum atomic E-state index is 7.56. The number of hydrogen-bond acceptors (Lipinski definition) is 8. The van der Waals surface area contributed by atoms with Crippen LogP contribution in [0.2, 0.25) is 0 Å². The number of rotatable bonds is 10. The Kier molecular flexibility index (Phi) is 11.9. The molecule has 430 valence electrons. The summed E-state index contributed by atoms with van der Waals surface area (Å²) >= 11 is 1.88. The molecule has 4 aliphatic heterocycles. The van der Waals surface area contributed by atoms with Crippen molar-refractivity contribution in [1.29, 1.82) is 0 Å². The number of nitrogens with zero attached hydrogens (tertiary/aromatic N) is 6. The van der Waals surface area contributed by atoms with E-state index in [4.69, 9.17) is 4.42 Å². The van der Waals surface area contributed by atoms with E-state index in [1.54, 1.807) is 0 Å². The first-order valence-electron chi connectivity index (χ1n) is 31.5. The number of hydrogen-bond donors (Lipinski definition) is 0. The van der Waals surface area contributed by atoms with Gasteiger partial charge in [0.2, 0.25) is 0 Å². The van der Waals surface area contributed by atoms with Gasteiger partial charge in [0.25, 0.3) is 13.4 Å². The second kappa shape index (κ2) is 21.0. The average Bonchev–Trinajstić information content (AvgIpc) is 1.15. The van der Waals surface area contributed by atoms with Crippen LogP contribution in [0.3, 0.4) is 0 Å². The van der Waals surface area contributed by atoms with Crippen molar-refractivity contribution in [2.24, 2.45) is 0 Å².